The number of benzene rings is 1. The molecule has 0 fully saturated rings. The molecule has 0 N–H and O–H groups in total. The summed E-state index contributed by atoms with van der Waals surface area (Å²) in [6.07, 6.45) is 1.46. The predicted octanol–water partition coefficient (Wildman–Crippen LogP) is 3.54. The fourth-order valence-electron chi connectivity index (χ4n) is 1.71. The van der Waals surface area contributed by atoms with Crippen LogP contribution in [0.2, 0.25) is 0 Å². The van der Waals surface area contributed by atoms with Crippen LogP contribution in [0.4, 0.5) is 0 Å². The third kappa shape index (κ3) is 3.35. The largest absolute Gasteiger partial charge is 0.223 e. The topological polar surface area (TPSA) is 57.9 Å². The second-order valence-electron chi connectivity index (χ2n) is 4.33. The van der Waals surface area contributed by atoms with Gasteiger partial charge in [-0.05, 0) is 35.6 Å². The second-order valence-corrected chi connectivity index (χ2v) is 7.24. The van der Waals surface area contributed by atoms with E-state index in [4.69, 9.17) is 5.26 Å². The first-order valence-corrected chi connectivity index (χ1v) is 8.49. The van der Waals surface area contributed by atoms with Gasteiger partial charge in [-0.2, -0.15) is 5.26 Å². The molecule has 0 spiro atoms. The van der Waals surface area contributed by atoms with E-state index in [2.05, 4.69) is 0 Å². The molecule has 0 amide bonds. The fourth-order valence-corrected chi connectivity index (χ4v) is 3.87. The van der Waals surface area contributed by atoms with Crippen LogP contribution in [-0.2, 0) is 15.6 Å². The molecule has 0 unspecified atom stereocenters. The van der Waals surface area contributed by atoms with Crippen molar-refractivity contribution in [1.29, 1.82) is 5.26 Å². The van der Waals surface area contributed by atoms with Crippen LogP contribution < -0.4 is 0 Å². The zero-order chi connectivity index (χ0) is 14.6. The first kappa shape index (κ1) is 14.5. The van der Waals surface area contributed by atoms with Gasteiger partial charge in [0, 0.05) is 4.88 Å². The number of nitrogens with zero attached hydrogens (tertiary/aromatic N) is 1. The van der Waals surface area contributed by atoms with Gasteiger partial charge in [-0.1, -0.05) is 30.3 Å². The Hall–Kier alpha value is -1.90. The molecule has 1 aromatic carbocycles. The van der Waals surface area contributed by atoms with Crippen LogP contribution in [0.15, 0.2) is 46.7 Å². The van der Waals surface area contributed by atoms with Gasteiger partial charge < -0.3 is 0 Å². The van der Waals surface area contributed by atoms with Crippen LogP contribution in [0.25, 0.3) is 6.08 Å². The molecule has 0 bridgehead atoms. The minimum absolute atomic E-state index is 0.155. The van der Waals surface area contributed by atoms with Crippen LogP contribution >= 0.6 is 11.3 Å². The van der Waals surface area contributed by atoms with Crippen molar-refractivity contribution in [2.45, 2.75) is 12.7 Å². The number of rotatable bonds is 4. The third-order valence-corrected chi connectivity index (χ3v) is 5.37. The van der Waals surface area contributed by atoms with E-state index in [-0.39, 0.29) is 10.7 Å². The molecular formula is C15H13NO2S2. The van der Waals surface area contributed by atoms with Crippen molar-refractivity contribution in [3.05, 3.63) is 62.7 Å². The quantitative estimate of drug-likeness (QED) is 0.812. The summed E-state index contributed by atoms with van der Waals surface area (Å²) in [6, 6.07) is 12.6. The van der Waals surface area contributed by atoms with Gasteiger partial charge >= 0.3 is 0 Å². The Kier molecular flexibility index (Phi) is 4.38. The van der Waals surface area contributed by atoms with Gasteiger partial charge in [0.15, 0.2) is 9.84 Å². The molecule has 20 heavy (non-hydrogen) atoms. The number of hydrogen-bond donors (Lipinski definition) is 0. The number of hydrogen-bond acceptors (Lipinski definition) is 4. The van der Waals surface area contributed by atoms with Gasteiger partial charge in [-0.25, -0.2) is 8.42 Å². The molecule has 1 aromatic heterocycles. The Balaban J connectivity index is 2.34. The van der Waals surface area contributed by atoms with Crippen molar-refractivity contribution in [2.24, 2.45) is 0 Å². The molecular weight excluding hydrogens is 290 g/mol. The van der Waals surface area contributed by atoms with Crippen molar-refractivity contribution in [3.8, 4) is 6.07 Å². The first-order chi connectivity index (χ1) is 9.53. The average molecular weight is 303 g/mol. The molecule has 2 rings (SSSR count). The van der Waals surface area contributed by atoms with Crippen LogP contribution in [0, 0.1) is 18.3 Å². The molecule has 3 nitrogen and oxygen atoms in total. The van der Waals surface area contributed by atoms with Crippen LogP contribution in [0.3, 0.4) is 0 Å². The highest BCUT2D eigenvalue weighted by molar-refractivity contribution is 7.95. The summed E-state index contributed by atoms with van der Waals surface area (Å²) >= 11 is 1.42. The molecule has 0 radical (unpaired) electrons. The minimum atomic E-state index is -3.61. The molecule has 102 valence electrons. The summed E-state index contributed by atoms with van der Waals surface area (Å²) in [4.78, 5) is 0.616. The molecule has 0 aliphatic heterocycles. The normalized spacial score (nSPS) is 12.1. The summed E-state index contributed by atoms with van der Waals surface area (Å²) in [5.41, 5.74) is 1.65. The van der Waals surface area contributed by atoms with E-state index in [9.17, 15) is 8.42 Å². The first-order valence-electron chi connectivity index (χ1n) is 5.95. The van der Waals surface area contributed by atoms with Gasteiger partial charge in [0.05, 0.1) is 5.75 Å². The monoisotopic (exact) mass is 303 g/mol. The maximum absolute atomic E-state index is 12.3. The maximum Gasteiger partial charge on any atom is 0.192 e. The van der Waals surface area contributed by atoms with Gasteiger partial charge in [0.1, 0.15) is 11.0 Å². The van der Waals surface area contributed by atoms with Crippen LogP contribution in [-0.4, -0.2) is 8.42 Å². The lowest BCUT2D eigenvalue weighted by molar-refractivity contribution is 0.602. The average Bonchev–Trinajstić information content (AvgIpc) is 2.82. The summed E-state index contributed by atoms with van der Waals surface area (Å²) in [5.74, 6) is -0.155. The number of nitriles is 1. The second kappa shape index (κ2) is 6.04. The Morgan fingerprint density at radius 3 is 2.55 bits per heavy atom. The highest BCUT2D eigenvalue weighted by Crippen LogP contribution is 2.22. The van der Waals surface area contributed by atoms with Crippen molar-refractivity contribution in [1.82, 2.24) is 0 Å². The zero-order valence-electron chi connectivity index (χ0n) is 10.9. The third-order valence-electron chi connectivity index (χ3n) is 2.81. The number of sulfone groups is 1. The van der Waals surface area contributed by atoms with Gasteiger partial charge in [-0.3, -0.25) is 0 Å². The van der Waals surface area contributed by atoms with E-state index in [1.165, 1.54) is 17.4 Å². The SMILES string of the molecule is Cc1ccsc1C=C(C#N)S(=O)(=O)Cc1ccccc1. The number of aryl methyl sites for hydroxylation is 1. The molecule has 0 aliphatic carbocycles. The predicted molar refractivity (Wildman–Crippen MR) is 81.7 cm³/mol. The lowest BCUT2D eigenvalue weighted by atomic mass is 10.2. The van der Waals surface area contributed by atoms with Gasteiger partial charge in [0.2, 0.25) is 0 Å². The molecule has 0 atom stereocenters. The standard InChI is InChI=1S/C15H13NO2S2/c1-12-7-8-19-15(12)9-14(10-16)20(17,18)11-13-5-3-2-4-6-13/h2-9H,11H2,1H3. The van der Waals surface area contributed by atoms with Gasteiger partial charge in [-0.15, -0.1) is 11.3 Å². The number of allylic oxidation sites excluding steroid dienone is 1. The Labute approximate surface area is 122 Å². The highest BCUT2D eigenvalue weighted by Gasteiger charge is 2.19. The van der Waals surface area contributed by atoms with Crippen molar-refractivity contribution in [3.63, 3.8) is 0 Å². The molecule has 0 saturated heterocycles. The van der Waals surface area contributed by atoms with Gasteiger partial charge in [0.25, 0.3) is 0 Å². The molecule has 5 heteroatoms. The zero-order valence-corrected chi connectivity index (χ0v) is 12.5. The van der Waals surface area contributed by atoms with E-state index >= 15 is 0 Å². The van der Waals surface area contributed by atoms with E-state index < -0.39 is 9.84 Å². The summed E-state index contributed by atoms with van der Waals surface area (Å²) in [5, 5.41) is 11.0. The van der Waals surface area contributed by atoms with Crippen molar-refractivity contribution < 1.29 is 8.42 Å². The summed E-state index contributed by atoms with van der Waals surface area (Å²) in [6.45, 7) is 1.89. The molecule has 0 aliphatic rings. The lowest BCUT2D eigenvalue weighted by Crippen LogP contribution is -2.06. The van der Waals surface area contributed by atoms with E-state index in [0.717, 1.165) is 10.4 Å². The van der Waals surface area contributed by atoms with E-state index in [1.54, 1.807) is 24.3 Å². The lowest BCUT2D eigenvalue weighted by Gasteiger charge is -2.03. The molecule has 0 saturated carbocycles. The smallest absolute Gasteiger partial charge is 0.192 e. The Bertz CT molecular complexity index is 766. The van der Waals surface area contributed by atoms with E-state index in [1.807, 2.05) is 30.5 Å². The van der Waals surface area contributed by atoms with Crippen LogP contribution in [0.1, 0.15) is 16.0 Å². The molecule has 2 aromatic rings. The van der Waals surface area contributed by atoms with Crippen molar-refractivity contribution >= 4 is 27.3 Å². The van der Waals surface area contributed by atoms with Crippen molar-refractivity contribution in [2.75, 3.05) is 0 Å². The molecule has 1 heterocycles. The number of thiophene rings is 1. The summed E-state index contributed by atoms with van der Waals surface area (Å²) < 4.78 is 24.6. The van der Waals surface area contributed by atoms with Crippen LogP contribution in [0.5, 0.6) is 0 Å². The van der Waals surface area contributed by atoms with E-state index in [0.29, 0.717) is 5.56 Å². The maximum atomic E-state index is 12.3. The highest BCUT2D eigenvalue weighted by atomic mass is 32.2. The summed E-state index contributed by atoms with van der Waals surface area (Å²) in [7, 11) is -3.61. The Morgan fingerprint density at radius 2 is 2.00 bits per heavy atom. The minimum Gasteiger partial charge on any atom is -0.223 e. The fraction of sp³-hybridized carbons (Fsp3) is 0.133. The Morgan fingerprint density at radius 1 is 1.30 bits per heavy atom.